The topological polar surface area (TPSA) is 53.1 Å². The van der Waals surface area contributed by atoms with Crippen LogP contribution in [0.2, 0.25) is 0 Å². The number of hydrogen-bond donors (Lipinski definition) is 1. The van der Waals surface area contributed by atoms with Crippen molar-refractivity contribution in [1.82, 2.24) is 9.78 Å². The van der Waals surface area contributed by atoms with Crippen LogP contribution < -0.4 is 10.5 Å². The van der Waals surface area contributed by atoms with Gasteiger partial charge in [-0.05, 0) is 12.5 Å². The van der Waals surface area contributed by atoms with E-state index in [0.717, 1.165) is 23.3 Å². The summed E-state index contributed by atoms with van der Waals surface area (Å²) in [6.45, 7) is 2.59. The number of para-hydroxylation sites is 1. The molecule has 1 aromatic carbocycles. The molecule has 0 aliphatic heterocycles. The maximum absolute atomic E-state index is 6.07. The number of aryl methyl sites for hydroxylation is 1. The molecule has 4 heteroatoms. The summed E-state index contributed by atoms with van der Waals surface area (Å²) in [6.07, 6.45) is 4.65. The first-order valence-corrected chi connectivity index (χ1v) is 6.15. The molecule has 0 bridgehead atoms. The summed E-state index contributed by atoms with van der Waals surface area (Å²) in [7, 11) is 1.89. The average Bonchev–Trinajstić information content (AvgIpc) is 2.81. The predicted molar refractivity (Wildman–Crippen MR) is 71.2 cm³/mol. The van der Waals surface area contributed by atoms with Gasteiger partial charge >= 0.3 is 0 Å². The van der Waals surface area contributed by atoms with Crippen LogP contribution in [0.1, 0.15) is 30.5 Å². The molecule has 0 radical (unpaired) electrons. The Morgan fingerprint density at radius 2 is 2.17 bits per heavy atom. The summed E-state index contributed by atoms with van der Waals surface area (Å²) in [6, 6.07) is 7.95. The lowest BCUT2D eigenvalue weighted by atomic mass is 10.0. The summed E-state index contributed by atoms with van der Waals surface area (Å²) < 4.78 is 7.59. The molecule has 0 unspecified atom stereocenters. The molecule has 2 rings (SSSR count). The number of nitrogens with two attached hydrogens (primary N) is 1. The van der Waals surface area contributed by atoms with Crippen molar-refractivity contribution in [2.24, 2.45) is 12.8 Å². The fraction of sp³-hybridized carbons (Fsp3) is 0.357. The lowest BCUT2D eigenvalue weighted by Gasteiger charge is -2.15. The van der Waals surface area contributed by atoms with Crippen LogP contribution in [0.15, 0.2) is 36.7 Å². The van der Waals surface area contributed by atoms with Crippen molar-refractivity contribution in [2.45, 2.75) is 26.0 Å². The van der Waals surface area contributed by atoms with E-state index < -0.39 is 0 Å². The molecule has 0 amide bonds. The number of rotatable bonds is 5. The van der Waals surface area contributed by atoms with E-state index in [2.05, 4.69) is 12.0 Å². The van der Waals surface area contributed by atoms with Gasteiger partial charge in [-0.2, -0.15) is 5.10 Å². The maximum atomic E-state index is 6.07. The smallest absolute Gasteiger partial charge is 0.124 e. The molecule has 0 spiro atoms. The van der Waals surface area contributed by atoms with Gasteiger partial charge in [0.2, 0.25) is 0 Å². The van der Waals surface area contributed by atoms with Crippen molar-refractivity contribution in [2.75, 3.05) is 0 Å². The highest BCUT2D eigenvalue weighted by molar-refractivity contribution is 5.35. The normalized spacial score (nSPS) is 12.4. The van der Waals surface area contributed by atoms with Gasteiger partial charge in [0.05, 0.1) is 6.20 Å². The van der Waals surface area contributed by atoms with E-state index in [1.165, 1.54) is 0 Å². The van der Waals surface area contributed by atoms with Crippen LogP contribution in [-0.2, 0) is 13.7 Å². The Labute approximate surface area is 107 Å². The van der Waals surface area contributed by atoms with Crippen molar-refractivity contribution in [3.05, 3.63) is 47.8 Å². The van der Waals surface area contributed by atoms with E-state index >= 15 is 0 Å². The fourth-order valence-electron chi connectivity index (χ4n) is 1.85. The second kappa shape index (κ2) is 5.69. The molecule has 4 nitrogen and oxygen atoms in total. The highest BCUT2D eigenvalue weighted by atomic mass is 16.5. The second-order valence-corrected chi connectivity index (χ2v) is 4.36. The van der Waals surface area contributed by atoms with Gasteiger partial charge in [-0.1, -0.05) is 25.1 Å². The van der Waals surface area contributed by atoms with E-state index in [0.29, 0.717) is 6.61 Å². The monoisotopic (exact) mass is 245 g/mol. The zero-order valence-corrected chi connectivity index (χ0v) is 10.8. The van der Waals surface area contributed by atoms with Crippen molar-refractivity contribution in [3.63, 3.8) is 0 Å². The fourth-order valence-corrected chi connectivity index (χ4v) is 1.85. The largest absolute Gasteiger partial charge is 0.488 e. The van der Waals surface area contributed by atoms with Crippen LogP contribution in [0.4, 0.5) is 0 Å². The Bertz CT molecular complexity index is 507. The number of ether oxygens (including phenoxy) is 1. The van der Waals surface area contributed by atoms with Crippen LogP contribution in [-0.4, -0.2) is 9.78 Å². The van der Waals surface area contributed by atoms with Crippen molar-refractivity contribution >= 4 is 0 Å². The first-order chi connectivity index (χ1) is 8.70. The minimum Gasteiger partial charge on any atom is -0.488 e. The van der Waals surface area contributed by atoms with Crippen molar-refractivity contribution in [3.8, 4) is 5.75 Å². The minimum absolute atomic E-state index is 0.0232. The third kappa shape index (κ3) is 2.90. The van der Waals surface area contributed by atoms with Gasteiger partial charge in [0.1, 0.15) is 12.4 Å². The van der Waals surface area contributed by atoms with Gasteiger partial charge in [0.25, 0.3) is 0 Å². The summed E-state index contributed by atoms with van der Waals surface area (Å²) >= 11 is 0. The lowest BCUT2D eigenvalue weighted by Crippen LogP contribution is -2.10. The maximum Gasteiger partial charge on any atom is 0.124 e. The number of nitrogens with zero attached hydrogens (tertiary/aromatic N) is 2. The van der Waals surface area contributed by atoms with E-state index in [4.69, 9.17) is 10.5 Å². The molecule has 1 heterocycles. The van der Waals surface area contributed by atoms with Crippen LogP contribution in [0.25, 0.3) is 0 Å². The van der Waals surface area contributed by atoms with Crippen LogP contribution in [0.3, 0.4) is 0 Å². The molecule has 1 atom stereocenters. The van der Waals surface area contributed by atoms with E-state index in [-0.39, 0.29) is 6.04 Å². The summed E-state index contributed by atoms with van der Waals surface area (Å²) in [5.74, 6) is 0.857. The summed E-state index contributed by atoms with van der Waals surface area (Å²) in [5, 5.41) is 4.11. The Balaban J connectivity index is 2.09. The Kier molecular flexibility index (Phi) is 3.99. The van der Waals surface area contributed by atoms with Gasteiger partial charge in [0.15, 0.2) is 0 Å². The summed E-state index contributed by atoms with van der Waals surface area (Å²) in [5.41, 5.74) is 8.18. The average molecular weight is 245 g/mol. The molecule has 1 aromatic heterocycles. The molecule has 0 aliphatic rings. The third-order valence-corrected chi connectivity index (χ3v) is 2.91. The van der Waals surface area contributed by atoms with Gasteiger partial charge in [-0.25, -0.2) is 0 Å². The van der Waals surface area contributed by atoms with E-state index in [9.17, 15) is 0 Å². The highest BCUT2D eigenvalue weighted by Crippen LogP contribution is 2.25. The number of benzene rings is 1. The van der Waals surface area contributed by atoms with E-state index in [1.54, 1.807) is 4.68 Å². The van der Waals surface area contributed by atoms with Crippen LogP contribution in [0.5, 0.6) is 5.75 Å². The quantitative estimate of drug-likeness (QED) is 0.880. The molecular weight excluding hydrogens is 226 g/mol. The van der Waals surface area contributed by atoms with Gasteiger partial charge in [-0.15, -0.1) is 0 Å². The molecule has 0 fully saturated rings. The molecule has 0 aliphatic carbocycles. The Morgan fingerprint density at radius 3 is 2.83 bits per heavy atom. The molecule has 2 aromatic rings. The highest BCUT2D eigenvalue weighted by Gasteiger charge is 2.10. The molecule has 96 valence electrons. The predicted octanol–water partition coefficient (Wildman–Crippen LogP) is 2.41. The minimum atomic E-state index is 0.0232. The van der Waals surface area contributed by atoms with Crippen molar-refractivity contribution in [1.29, 1.82) is 0 Å². The molecule has 0 saturated carbocycles. The van der Waals surface area contributed by atoms with Gasteiger partial charge in [0, 0.05) is 30.4 Å². The molecular formula is C14H19N3O. The van der Waals surface area contributed by atoms with Crippen molar-refractivity contribution < 1.29 is 4.74 Å². The molecule has 2 N–H and O–H groups in total. The summed E-state index contributed by atoms with van der Waals surface area (Å²) in [4.78, 5) is 0. The van der Waals surface area contributed by atoms with E-state index in [1.807, 2.05) is 43.7 Å². The first kappa shape index (κ1) is 12.6. The van der Waals surface area contributed by atoms with Crippen LogP contribution >= 0.6 is 0 Å². The number of aromatic nitrogens is 2. The number of hydrogen-bond acceptors (Lipinski definition) is 3. The Hall–Kier alpha value is -1.81. The van der Waals surface area contributed by atoms with Gasteiger partial charge < -0.3 is 10.5 Å². The second-order valence-electron chi connectivity index (χ2n) is 4.36. The molecule has 0 saturated heterocycles. The first-order valence-electron chi connectivity index (χ1n) is 6.15. The van der Waals surface area contributed by atoms with Gasteiger partial charge in [-0.3, -0.25) is 4.68 Å². The zero-order valence-electron chi connectivity index (χ0n) is 10.8. The lowest BCUT2D eigenvalue weighted by molar-refractivity contribution is 0.300. The molecule has 18 heavy (non-hydrogen) atoms. The Morgan fingerprint density at radius 1 is 1.39 bits per heavy atom. The zero-order chi connectivity index (χ0) is 13.0. The van der Waals surface area contributed by atoms with Crippen LogP contribution in [0, 0.1) is 0 Å². The standard InChI is InChI=1S/C14H19N3O/c1-3-13(15)12-6-4-5-7-14(12)18-10-11-8-16-17(2)9-11/h4-9,13H,3,10,15H2,1-2H3/t13-/m1/s1. The third-order valence-electron chi connectivity index (χ3n) is 2.91. The SMILES string of the molecule is CC[C@@H](N)c1ccccc1OCc1cnn(C)c1.